The maximum atomic E-state index is 11.4. The Labute approximate surface area is 115 Å². The van der Waals surface area contributed by atoms with Crippen LogP contribution in [0.2, 0.25) is 0 Å². The van der Waals surface area contributed by atoms with Crippen molar-refractivity contribution in [3.05, 3.63) is 42.0 Å². The summed E-state index contributed by atoms with van der Waals surface area (Å²) >= 11 is 0. The zero-order valence-electron chi connectivity index (χ0n) is 10.8. The highest BCUT2D eigenvalue weighted by molar-refractivity contribution is 7.84. The summed E-state index contributed by atoms with van der Waals surface area (Å²) in [6, 6.07) is 13.8. The van der Waals surface area contributed by atoms with Crippen LogP contribution in [0.3, 0.4) is 0 Å². The van der Waals surface area contributed by atoms with Crippen LogP contribution in [0.5, 0.6) is 0 Å². The Morgan fingerprint density at radius 2 is 1.95 bits per heavy atom. The highest BCUT2D eigenvalue weighted by Crippen LogP contribution is 2.26. The van der Waals surface area contributed by atoms with Crippen molar-refractivity contribution in [1.29, 1.82) is 5.26 Å². The van der Waals surface area contributed by atoms with Crippen molar-refractivity contribution in [1.82, 2.24) is 0 Å². The second kappa shape index (κ2) is 6.35. The predicted octanol–water partition coefficient (Wildman–Crippen LogP) is 2.89. The molecule has 2 aromatic rings. The molecule has 0 fully saturated rings. The Balaban J connectivity index is 2.25. The average Bonchev–Trinajstić information content (AvgIpc) is 2.47. The lowest BCUT2D eigenvalue weighted by molar-refractivity contribution is 0.684. The number of rotatable bonds is 5. The summed E-state index contributed by atoms with van der Waals surface area (Å²) in [5.74, 6) is 1.33. The van der Waals surface area contributed by atoms with Crippen LogP contribution in [0.4, 0.5) is 5.69 Å². The smallest absolute Gasteiger partial charge is 0.0998 e. The first kappa shape index (κ1) is 13.6. The number of nitriles is 1. The fourth-order valence-electron chi connectivity index (χ4n) is 1.99. The highest BCUT2D eigenvalue weighted by Gasteiger charge is 2.05. The molecule has 0 aliphatic carbocycles. The lowest BCUT2D eigenvalue weighted by Gasteiger charge is -2.10. The van der Waals surface area contributed by atoms with Crippen LogP contribution in [-0.4, -0.2) is 22.3 Å². The number of fused-ring (bicyclic) bond motifs is 1. The van der Waals surface area contributed by atoms with Crippen molar-refractivity contribution in [2.24, 2.45) is 0 Å². The Morgan fingerprint density at radius 1 is 1.21 bits per heavy atom. The molecule has 0 radical (unpaired) electrons. The minimum Gasteiger partial charge on any atom is -0.384 e. The minimum atomic E-state index is -0.755. The molecule has 0 aliphatic heterocycles. The summed E-state index contributed by atoms with van der Waals surface area (Å²) in [4.78, 5) is 0. The zero-order chi connectivity index (χ0) is 13.7. The van der Waals surface area contributed by atoms with E-state index in [0.29, 0.717) is 23.6 Å². The lowest BCUT2D eigenvalue weighted by Crippen LogP contribution is -2.12. The largest absolute Gasteiger partial charge is 0.384 e. The topological polar surface area (TPSA) is 52.9 Å². The van der Waals surface area contributed by atoms with Crippen molar-refractivity contribution in [2.45, 2.75) is 6.92 Å². The van der Waals surface area contributed by atoms with E-state index in [1.165, 1.54) is 0 Å². The molecule has 2 aromatic carbocycles. The van der Waals surface area contributed by atoms with Gasteiger partial charge >= 0.3 is 0 Å². The molecule has 0 aromatic heterocycles. The maximum absolute atomic E-state index is 11.4. The van der Waals surface area contributed by atoms with Crippen LogP contribution < -0.4 is 5.32 Å². The second-order valence-electron chi connectivity index (χ2n) is 4.18. The summed E-state index contributed by atoms with van der Waals surface area (Å²) in [6.07, 6.45) is 0. The first-order valence-corrected chi connectivity index (χ1v) is 7.75. The lowest BCUT2D eigenvalue weighted by atomic mass is 10.0. The Hall–Kier alpha value is -1.86. The first-order chi connectivity index (χ1) is 9.26. The summed E-state index contributed by atoms with van der Waals surface area (Å²) in [5, 5.41) is 14.4. The third kappa shape index (κ3) is 3.12. The van der Waals surface area contributed by atoms with Gasteiger partial charge < -0.3 is 5.32 Å². The van der Waals surface area contributed by atoms with Gasteiger partial charge in [0.1, 0.15) is 0 Å². The monoisotopic (exact) mass is 272 g/mol. The fraction of sp³-hybridized carbons (Fsp3) is 0.267. The molecule has 0 spiro atoms. The van der Waals surface area contributed by atoms with Gasteiger partial charge in [0.15, 0.2) is 0 Å². The summed E-state index contributed by atoms with van der Waals surface area (Å²) in [7, 11) is -0.755. The molecule has 98 valence electrons. The van der Waals surface area contributed by atoms with E-state index in [-0.39, 0.29) is 0 Å². The number of hydrogen-bond donors (Lipinski definition) is 1. The van der Waals surface area contributed by atoms with E-state index in [0.717, 1.165) is 16.5 Å². The van der Waals surface area contributed by atoms with E-state index in [1.807, 2.05) is 43.3 Å². The molecule has 0 heterocycles. The molecule has 1 N–H and O–H groups in total. The van der Waals surface area contributed by atoms with Crippen molar-refractivity contribution in [3.8, 4) is 6.07 Å². The fourth-order valence-corrected chi connectivity index (χ4v) is 2.61. The molecule has 1 unspecified atom stereocenters. The highest BCUT2D eigenvalue weighted by atomic mass is 32.2. The molecule has 4 heteroatoms. The third-order valence-corrected chi connectivity index (χ3v) is 4.32. The van der Waals surface area contributed by atoms with E-state index in [9.17, 15) is 4.21 Å². The molecule has 2 rings (SSSR count). The molecule has 0 aliphatic rings. The molecule has 0 bridgehead atoms. The quantitative estimate of drug-likeness (QED) is 0.910. The minimum absolute atomic E-state index is 0.644. The SMILES string of the molecule is CCS(=O)CCNc1ccc(C#N)c2ccccc12. The first-order valence-electron chi connectivity index (χ1n) is 6.27. The van der Waals surface area contributed by atoms with Gasteiger partial charge in [0.05, 0.1) is 11.6 Å². The van der Waals surface area contributed by atoms with Gasteiger partial charge in [-0.3, -0.25) is 4.21 Å². The molecule has 1 atom stereocenters. The van der Waals surface area contributed by atoms with Gasteiger partial charge in [-0.05, 0) is 12.1 Å². The Bertz CT molecular complexity index is 646. The Kier molecular flexibility index (Phi) is 4.53. The molecular weight excluding hydrogens is 256 g/mol. The summed E-state index contributed by atoms with van der Waals surface area (Å²) in [6.45, 7) is 2.60. The van der Waals surface area contributed by atoms with E-state index in [2.05, 4.69) is 11.4 Å². The second-order valence-corrected chi connectivity index (χ2v) is 6.04. The molecule has 0 saturated carbocycles. The van der Waals surface area contributed by atoms with Gasteiger partial charge in [-0.15, -0.1) is 0 Å². The predicted molar refractivity (Wildman–Crippen MR) is 80.7 cm³/mol. The van der Waals surface area contributed by atoms with Crippen molar-refractivity contribution >= 4 is 27.3 Å². The summed E-state index contributed by atoms with van der Waals surface area (Å²) in [5.41, 5.74) is 1.67. The van der Waals surface area contributed by atoms with Crippen molar-refractivity contribution in [2.75, 3.05) is 23.4 Å². The standard InChI is InChI=1S/C15H16N2OS/c1-2-19(18)10-9-17-15-8-7-12(11-16)13-5-3-4-6-14(13)15/h3-8,17H,2,9-10H2,1H3. The van der Waals surface area contributed by atoms with Crippen LogP contribution >= 0.6 is 0 Å². The van der Waals surface area contributed by atoms with Crippen LogP contribution in [0.15, 0.2) is 36.4 Å². The van der Waals surface area contributed by atoms with Gasteiger partial charge in [0.25, 0.3) is 0 Å². The number of hydrogen-bond acceptors (Lipinski definition) is 3. The van der Waals surface area contributed by atoms with Crippen molar-refractivity contribution < 1.29 is 4.21 Å². The number of nitrogens with one attached hydrogen (secondary N) is 1. The van der Waals surface area contributed by atoms with E-state index < -0.39 is 10.8 Å². The van der Waals surface area contributed by atoms with Crippen molar-refractivity contribution in [3.63, 3.8) is 0 Å². The van der Waals surface area contributed by atoms with E-state index in [4.69, 9.17) is 5.26 Å². The number of nitrogens with zero attached hydrogens (tertiary/aromatic N) is 1. The number of benzene rings is 2. The molecule has 3 nitrogen and oxygen atoms in total. The van der Waals surface area contributed by atoms with Crippen LogP contribution in [0.25, 0.3) is 10.8 Å². The molecular formula is C15H16N2OS. The molecule has 19 heavy (non-hydrogen) atoms. The molecule has 0 amide bonds. The van der Waals surface area contributed by atoms with E-state index in [1.54, 1.807) is 0 Å². The van der Waals surface area contributed by atoms with Crippen LogP contribution in [0, 0.1) is 11.3 Å². The maximum Gasteiger partial charge on any atom is 0.0998 e. The average molecular weight is 272 g/mol. The zero-order valence-corrected chi connectivity index (χ0v) is 11.7. The van der Waals surface area contributed by atoms with Gasteiger partial charge in [0, 0.05) is 45.3 Å². The van der Waals surface area contributed by atoms with Gasteiger partial charge in [-0.1, -0.05) is 31.2 Å². The normalized spacial score (nSPS) is 12.0. The number of anilines is 1. The molecule has 0 saturated heterocycles. The van der Waals surface area contributed by atoms with E-state index >= 15 is 0 Å². The van der Waals surface area contributed by atoms with Crippen LogP contribution in [-0.2, 0) is 10.8 Å². The Morgan fingerprint density at radius 3 is 2.63 bits per heavy atom. The van der Waals surface area contributed by atoms with Crippen LogP contribution in [0.1, 0.15) is 12.5 Å². The van der Waals surface area contributed by atoms with Gasteiger partial charge in [-0.2, -0.15) is 5.26 Å². The summed E-state index contributed by atoms with van der Waals surface area (Å²) < 4.78 is 11.4. The third-order valence-electron chi connectivity index (χ3n) is 3.01. The van der Waals surface area contributed by atoms with Gasteiger partial charge in [-0.25, -0.2) is 0 Å². The van der Waals surface area contributed by atoms with Gasteiger partial charge in [0.2, 0.25) is 0 Å².